The molecular formula is C19H25ClN2O2. The Morgan fingerprint density at radius 3 is 2.42 bits per heavy atom. The van der Waals surface area contributed by atoms with Crippen molar-refractivity contribution in [3.05, 3.63) is 65.2 Å². The zero-order chi connectivity index (χ0) is 16.5. The van der Waals surface area contributed by atoms with Gasteiger partial charge in [0.15, 0.2) is 0 Å². The van der Waals surface area contributed by atoms with Crippen LogP contribution in [0.4, 0.5) is 5.69 Å². The number of halogens is 1. The average Bonchev–Trinajstić information content (AvgIpc) is 2.58. The van der Waals surface area contributed by atoms with Crippen molar-refractivity contribution in [1.82, 2.24) is 5.32 Å². The number of aryl methyl sites for hydroxylation is 1. The first-order valence-electron chi connectivity index (χ1n) is 7.94. The van der Waals surface area contributed by atoms with Crippen LogP contribution in [0.1, 0.15) is 30.0 Å². The van der Waals surface area contributed by atoms with Crippen LogP contribution < -0.4 is 11.1 Å². The van der Waals surface area contributed by atoms with Crippen LogP contribution in [0.2, 0.25) is 0 Å². The summed E-state index contributed by atoms with van der Waals surface area (Å²) in [5.41, 5.74) is 9.86. The van der Waals surface area contributed by atoms with Gasteiger partial charge in [0.25, 0.3) is 0 Å². The maximum absolute atomic E-state index is 11.9. The Bertz CT molecular complexity index is 630. The number of hydrogen-bond donors (Lipinski definition) is 2. The molecule has 130 valence electrons. The molecule has 2 aromatic rings. The van der Waals surface area contributed by atoms with E-state index in [2.05, 4.69) is 5.32 Å². The van der Waals surface area contributed by atoms with Crippen molar-refractivity contribution >= 4 is 24.0 Å². The smallest absolute Gasteiger partial charge is 0.220 e. The molecule has 2 rings (SSSR count). The van der Waals surface area contributed by atoms with Crippen LogP contribution in [0.15, 0.2) is 48.5 Å². The van der Waals surface area contributed by atoms with E-state index in [-0.39, 0.29) is 18.3 Å². The number of carbonyl (C=O) groups is 1. The van der Waals surface area contributed by atoms with E-state index in [1.54, 1.807) is 0 Å². The monoisotopic (exact) mass is 348 g/mol. The predicted octanol–water partition coefficient (Wildman–Crippen LogP) is 3.48. The minimum Gasteiger partial charge on any atom is -0.399 e. The van der Waals surface area contributed by atoms with Crippen molar-refractivity contribution in [2.75, 3.05) is 12.3 Å². The minimum absolute atomic E-state index is 0. The topological polar surface area (TPSA) is 64.3 Å². The third kappa shape index (κ3) is 6.60. The molecule has 0 saturated heterocycles. The van der Waals surface area contributed by atoms with Crippen LogP contribution in [0.25, 0.3) is 0 Å². The fourth-order valence-electron chi connectivity index (χ4n) is 2.27. The van der Waals surface area contributed by atoms with Crippen molar-refractivity contribution in [2.45, 2.75) is 32.9 Å². The van der Waals surface area contributed by atoms with E-state index < -0.39 is 0 Å². The van der Waals surface area contributed by atoms with E-state index >= 15 is 0 Å². The lowest BCUT2D eigenvalue weighted by atomic mass is 10.1. The van der Waals surface area contributed by atoms with Gasteiger partial charge in [-0.15, -0.1) is 12.4 Å². The molecule has 0 unspecified atom stereocenters. The second kappa shape index (κ2) is 10.7. The second-order valence-electron chi connectivity index (χ2n) is 5.43. The molecule has 0 bridgehead atoms. The maximum Gasteiger partial charge on any atom is 0.220 e. The van der Waals surface area contributed by atoms with Gasteiger partial charge in [-0.25, -0.2) is 0 Å². The Labute approximate surface area is 149 Å². The number of benzene rings is 2. The summed E-state index contributed by atoms with van der Waals surface area (Å²) in [5, 5.41) is 2.94. The van der Waals surface area contributed by atoms with Crippen LogP contribution in [0, 0.1) is 0 Å². The van der Waals surface area contributed by atoms with Gasteiger partial charge in [0.1, 0.15) is 0 Å². The highest BCUT2D eigenvalue weighted by Gasteiger charge is 2.04. The molecule has 24 heavy (non-hydrogen) atoms. The van der Waals surface area contributed by atoms with Crippen molar-refractivity contribution in [3.8, 4) is 0 Å². The molecule has 5 heteroatoms. The normalized spacial score (nSPS) is 10.0. The summed E-state index contributed by atoms with van der Waals surface area (Å²) in [6.07, 6.45) is 1.10. The van der Waals surface area contributed by atoms with Crippen LogP contribution >= 0.6 is 12.4 Å². The summed E-state index contributed by atoms with van der Waals surface area (Å²) >= 11 is 0. The highest BCUT2D eigenvalue weighted by Crippen LogP contribution is 2.12. The first-order valence-corrected chi connectivity index (χ1v) is 7.94. The molecule has 3 N–H and O–H groups in total. The van der Waals surface area contributed by atoms with Gasteiger partial charge in [0.05, 0.1) is 6.61 Å². The number of hydrogen-bond acceptors (Lipinski definition) is 3. The molecular weight excluding hydrogens is 324 g/mol. The molecule has 0 heterocycles. The van der Waals surface area contributed by atoms with Gasteiger partial charge >= 0.3 is 0 Å². The van der Waals surface area contributed by atoms with Crippen LogP contribution in [0.3, 0.4) is 0 Å². The zero-order valence-electron chi connectivity index (χ0n) is 14.0. The van der Waals surface area contributed by atoms with Gasteiger partial charge in [0.2, 0.25) is 5.91 Å². The fraction of sp³-hybridized carbons (Fsp3) is 0.316. The Morgan fingerprint density at radius 1 is 1.08 bits per heavy atom. The number of anilines is 1. The Kier molecular flexibility index (Phi) is 8.90. The van der Waals surface area contributed by atoms with E-state index in [0.29, 0.717) is 32.6 Å². The van der Waals surface area contributed by atoms with Gasteiger partial charge in [-0.2, -0.15) is 0 Å². The molecule has 0 aliphatic carbocycles. The summed E-state index contributed by atoms with van der Waals surface area (Å²) < 4.78 is 5.36. The van der Waals surface area contributed by atoms with Crippen molar-refractivity contribution in [3.63, 3.8) is 0 Å². The standard InChI is InChI=1S/C19H24N2O2.ClH/c1-2-23-14-16-9-7-15(8-10-16)13-21-19(22)12-11-17-5-3-4-6-18(17)20;/h3-10H,2,11-14,20H2,1H3,(H,21,22);1H. The molecule has 0 atom stereocenters. The first kappa shape index (κ1) is 20.0. The van der Waals surface area contributed by atoms with Gasteiger partial charge in [-0.1, -0.05) is 42.5 Å². The summed E-state index contributed by atoms with van der Waals surface area (Å²) in [5.74, 6) is 0.0339. The third-order valence-corrected chi connectivity index (χ3v) is 3.66. The number of nitrogen functional groups attached to an aromatic ring is 1. The summed E-state index contributed by atoms with van der Waals surface area (Å²) in [6, 6.07) is 15.7. The quantitative estimate of drug-likeness (QED) is 0.718. The SMILES string of the molecule is CCOCc1ccc(CNC(=O)CCc2ccccc2N)cc1.Cl. The molecule has 1 amide bonds. The van der Waals surface area contributed by atoms with Crippen LogP contribution in [-0.2, 0) is 29.1 Å². The average molecular weight is 349 g/mol. The number of ether oxygens (including phenoxy) is 1. The molecule has 0 spiro atoms. The summed E-state index contributed by atoms with van der Waals surface area (Å²) in [7, 11) is 0. The van der Waals surface area contributed by atoms with Crippen molar-refractivity contribution in [2.24, 2.45) is 0 Å². The zero-order valence-corrected chi connectivity index (χ0v) is 14.8. The molecule has 0 aliphatic heterocycles. The Morgan fingerprint density at radius 2 is 1.75 bits per heavy atom. The number of para-hydroxylation sites is 1. The molecule has 0 saturated carbocycles. The van der Waals surface area contributed by atoms with Gasteiger partial charge in [-0.3, -0.25) is 4.79 Å². The number of nitrogens with one attached hydrogen (secondary N) is 1. The van der Waals surface area contributed by atoms with Crippen molar-refractivity contribution < 1.29 is 9.53 Å². The van der Waals surface area contributed by atoms with E-state index in [4.69, 9.17) is 10.5 Å². The molecule has 0 aliphatic rings. The highest BCUT2D eigenvalue weighted by molar-refractivity contribution is 5.85. The van der Waals surface area contributed by atoms with Crippen molar-refractivity contribution in [1.29, 1.82) is 0 Å². The van der Waals surface area contributed by atoms with Gasteiger partial charge in [-0.05, 0) is 36.1 Å². The molecule has 4 nitrogen and oxygen atoms in total. The van der Waals surface area contributed by atoms with E-state index in [1.807, 2.05) is 55.5 Å². The number of rotatable bonds is 8. The lowest BCUT2D eigenvalue weighted by molar-refractivity contribution is -0.121. The largest absolute Gasteiger partial charge is 0.399 e. The Balaban J connectivity index is 0.00000288. The van der Waals surface area contributed by atoms with Gasteiger partial charge < -0.3 is 15.8 Å². The number of carbonyl (C=O) groups excluding carboxylic acids is 1. The molecule has 0 aromatic heterocycles. The maximum atomic E-state index is 11.9. The minimum atomic E-state index is 0. The highest BCUT2D eigenvalue weighted by atomic mass is 35.5. The van der Waals surface area contributed by atoms with E-state index in [0.717, 1.165) is 22.4 Å². The van der Waals surface area contributed by atoms with Crippen LogP contribution in [-0.4, -0.2) is 12.5 Å². The molecule has 0 radical (unpaired) electrons. The van der Waals surface area contributed by atoms with E-state index in [9.17, 15) is 4.79 Å². The fourth-order valence-corrected chi connectivity index (χ4v) is 2.27. The Hall–Kier alpha value is -2.04. The van der Waals surface area contributed by atoms with Gasteiger partial charge in [0, 0.05) is 25.3 Å². The second-order valence-corrected chi connectivity index (χ2v) is 5.43. The summed E-state index contributed by atoms with van der Waals surface area (Å²) in [6.45, 7) is 3.86. The van der Waals surface area contributed by atoms with Crippen LogP contribution in [0.5, 0.6) is 0 Å². The molecule has 0 fully saturated rings. The number of amides is 1. The number of nitrogens with two attached hydrogens (primary N) is 1. The lowest BCUT2D eigenvalue weighted by Crippen LogP contribution is -2.23. The third-order valence-electron chi connectivity index (χ3n) is 3.66. The lowest BCUT2D eigenvalue weighted by Gasteiger charge is -2.08. The molecule has 2 aromatic carbocycles. The van der Waals surface area contributed by atoms with E-state index in [1.165, 1.54) is 0 Å². The predicted molar refractivity (Wildman–Crippen MR) is 100 cm³/mol. The summed E-state index contributed by atoms with van der Waals surface area (Å²) in [4.78, 5) is 11.9. The first-order chi connectivity index (χ1) is 11.2.